The van der Waals surface area contributed by atoms with Crippen molar-refractivity contribution in [2.24, 2.45) is 5.92 Å². The molecule has 0 atom stereocenters. The first kappa shape index (κ1) is 10.5. The number of nitrogens with zero attached hydrogens (tertiary/aromatic N) is 2. The average Bonchev–Trinajstić information content (AvgIpc) is 2.14. The lowest BCUT2D eigenvalue weighted by Crippen LogP contribution is -2.08. The Morgan fingerprint density at radius 1 is 1.38 bits per heavy atom. The molecule has 0 spiro atoms. The molecular weight excluding hydrogens is 182 g/mol. The lowest BCUT2D eigenvalue weighted by Gasteiger charge is -2.04. The zero-order chi connectivity index (χ0) is 9.52. The minimum Gasteiger partial charge on any atom is -0.257 e. The zero-order valence-electron chi connectivity index (χ0n) is 8.03. The van der Waals surface area contributed by atoms with Gasteiger partial charge in [0.15, 0.2) is 0 Å². The lowest BCUT2D eigenvalue weighted by atomic mass is 10.1. The first-order valence-corrected chi connectivity index (χ1v) is 5.27. The summed E-state index contributed by atoms with van der Waals surface area (Å²) in [6, 6.07) is 1.82. The molecule has 3 nitrogen and oxygen atoms in total. The average molecular weight is 197 g/mol. The molecule has 0 aliphatic rings. The molecule has 13 heavy (non-hydrogen) atoms. The van der Waals surface area contributed by atoms with Gasteiger partial charge in [0.25, 0.3) is 0 Å². The Kier molecular flexibility index (Phi) is 4.78. The summed E-state index contributed by atoms with van der Waals surface area (Å²) in [4.78, 5) is 8.17. The van der Waals surface area contributed by atoms with Gasteiger partial charge in [-0.1, -0.05) is 13.8 Å². The monoisotopic (exact) mass is 197 g/mol. The van der Waals surface area contributed by atoms with E-state index in [2.05, 4.69) is 28.5 Å². The van der Waals surface area contributed by atoms with E-state index in [-0.39, 0.29) is 0 Å². The molecular formula is C9H15N3S. The fraction of sp³-hybridized carbons (Fsp3) is 0.556. The Bertz CT molecular complexity index is 226. The van der Waals surface area contributed by atoms with E-state index < -0.39 is 0 Å². The minimum atomic E-state index is 0.741. The van der Waals surface area contributed by atoms with Crippen molar-refractivity contribution in [2.45, 2.75) is 25.4 Å². The minimum absolute atomic E-state index is 0.741. The summed E-state index contributed by atoms with van der Waals surface area (Å²) >= 11 is 1.49. The molecule has 0 bridgehead atoms. The molecule has 0 amide bonds. The van der Waals surface area contributed by atoms with E-state index in [0.717, 1.165) is 17.6 Å². The van der Waals surface area contributed by atoms with E-state index in [0.29, 0.717) is 0 Å². The second-order valence-corrected chi connectivity index (χ2v) is 4.07. The zero-order valence-corrected chi connectivity index (χ0v) is 8.84. The van der Waals surface area contributed by atoms with Crippen molar-refractivity contribution >= 4 is 11.9 Å². The summed E-state index contributed by atoms with van der Waals surface area (Å²) in [6.45, 7) is 5.43. The van der Waals surface area contributed by atoms with Gasteiger partial charge in [0, 0.05) is 18.9 Å². The topological polar surface area (TPSA) is 37.8 Å². The maximum absolute atomic E-state index is 4.08. The van der Waals surface area contributed by atoms with Crippen molar-refractivity contribution < 1.29 is 0 Å². The van der Waals surface area contributed by atoms with Crippen molar-refractivity contribution in [3.8, 4) is 0 Å². The van der Waals surface area contributed by atoms with Gasteiger partial charge in [-0.15, -0.1) is 0 Å². The standard InChI is InChI=1S/C9H15N3S/c1-8(2)4-7-12-13-9-10-5-3-6-11-9/h3,5-6,8,12H,4,7H2,1-2H3. The Morgan fingerprint density at radius 2 is 2.08 bits per heavy atom. The van der Waals surface area contributed by atoms with Crippen molar-refractivity contribution in [1.82, 2.24) is 14.7 Å². The summed E-state index contributed by atoms with van der Waals surface area (Å²) in [6.07, 6.45) is 4.68. The van der Waals surface area contributed by atoms with Crippen LogP contribution in [0, 0.1) is 5.92 Å². The molecule has 0 aromatic carbocycles. The predicted molar refractivity (Wildman–Crippen MR) is 55.3 cm³/mol. The van der Waals surface area contributed by atoms with Crippen LogP contribution in [0.5, 0.6) is 0 Å². The lowest BCUT2D eigenvalue weighted by molar-refractivity contribution is 0.585. The molecule has 0 radical (unpaired) electrons. The molecule has 72 valence electrons. The van der Waals surface area contributed by atoms with Crippen molar-refractivity contribution in [3.63, 3.8) is 0 Å². The molecule has 4 heteroatoms. The molecule has 1 rings (SSSR count). The maximum atomic E-state index is 4.08. The van der Waals surface area contributed by atoms with E-state index in [1.54, 1.807) is 12.4 Å². The van der Waals surface area contributed by atoms with Crippen LogP contribution in [0.4, 0.5) is 0 Å². The molecule has 0 saturated carbocycles. The molecule has 1 aromatic rings. The third-order valence-electron chi connectivity index (χ3n) is 1.53. The maximum Gasteiger partial charge on any atom is 0.202 e. The van der Waals surface area contributed by atoms with E-state index >= 15 is 0 Å². The highest BCUT2D eigenvalue weighted by Gasteiger charge is 1.96. The third-order valence-corrected chi connectivity index (χ3v) is 2.27. The molecule has 0 aliphatic heterocycles. The normalized spacial score (nSPS) is 10.7. The van der Waals surface area contributed by atoms with Crippen LogP contribution in [0.2, 0.25) is 0 Å². The van der Waals surface area contributed by atoms with Crippen molar-refractivity contribution in [3.05, 3.63) is 18.5 Å². The van der Waals surface area contributed by atoms with Gasteiger partial charge in [-0.3, -0.25) is 4.72 Å². The van der Waals surface area contributed by atoms with Crippen LogP contribution in [0.15, 0.2) is 23.6 Å². The number of aromatic nitrogens is 2. The van der Waals surface area contributed by atoms with Crippen LogP contribution in [-0.4, -0.2) is 16.5 Å². The first-order valence-electron chi connectivity index (χ1n) is 4.46. The molecule has 1 heterocycles. The fourth-order valence-electron chi connectivity index (χ4n) is 0.801. The Hall–Kier alpha value is -0.610. The first-order chi connectivity index (χ1) is 6.29. The van der Waals surface area contributed by atoms with Gasteiger partial charge in [-0.05, 0) is 30.4 Å². The summed E-state index contributed by atoms with van der Waals surface area (Å²) in [5, 5.41) is 0.784. The highest BCUT2D eigenvalue weighted by Crippen LogP contribution is 2.06. The van der Waals surface area contributed by atoms with Gasteiger partial charge in [0.1, 0.15) is 0 Å². The summed E-state index contributed by atoms with van der Waals surface area (Å²) in [7, 11) is 0. The SMILES string of the molecule is CC(C)CCNSc1ncccn1. The van der Waals surface area contributed by atoms with E-state index in [4.69, 9.17) is 0 Å². The number of nitrogens with one attached hydrogen (secondary N) is 1. The Balaban J connectivity index is 2.13. The Morgan fingerprint density at radius 3 is 2.69 bits per heavy atom. The summed E-state index contributed by atoms with van der Waals surface area (Å²) in [5.41, 5.74) is 0. The van der Waals surface area contributed by atoms with Gasteiger partial charge in [-0.25, -0.2) is 9.97 Å². The van der Waals surface area contributed by atoms with Gasteiger partial charge in [0.2, 0.25) is 5.16 Å². The number of hydrogen-bond donors (Lipinski definition) is 1. The second-order valence-electron chi connectivity index (χ2n) is 3.21. The molecule has 0 fully saturated rings. The van der Waals surface area contributed by atoms with Crippen LogP contribution >= 0.6 is 11.9 Å². The van der Waals surface area contributed by atoms with Crippen LogP contribution in [0.25, 0.3) is 0 Å². The van der Waals surface area contributed by atoms with Gasteiger partial charge in [0.05, 0.1) is 0 Å². The largest absolute Gasteiger partial charge is 0.257 e. The van der Waals surface area contributed by atoms with Gasteiger partial charge in [-0.2, -0.15) is 0 Å². The van der Waals surface area contributed by atoms with Crippen molar-refractivity contribution in [1.29, 1.82) is 0 Å². The van der Waals surface area contributed by atoms with E-state index in [1.807, 2.05) is 6.07 Å². The second kappa shape index (κ2) is 5.94. The van der Waals surface area contributed by atoms with Crippen LogP contribution in [0.3, 0.4) is 0 Å². The number of rotatable bonds is 5. The predicted octanol–water partition coefficient (Wildman–Crippen LogP) is 2.12. The molecule has 0 aliphatic carbocycles. The Labute approximate surface area is 83.5 Å². The molecule has 0 saturated heterocycles. The fourth-order valence-corrected chi connectivity index (χ4v) is 1.38. The number of hydrogen-bond acceptors (Lipinski definition) is 4. The molecule has 1 aromatic heterocycles. The van der Waals surface area contributed by atoms with E-state index in [9.17, 15) is 0 Å². The highest BCUT2D eigenvalue weighted by atomic mass is 32.2. The van der Waals surface area contributed by atoms with Crippen LogP contribution in [-0.2, 0) is 0 Å². The van der Waals surface area contributed by atoms with Gasteiger partial charge >= 0.3 is 0 Å². The van der Waals surface area contributed by atoms with Crippen LogP contribution < -0.4 is 4.72 Å². The van der Waals surface area contributed by atoms with Crippen molar-refractivity contribution in [2.75, 3.05) is 6.54 Å². The molecule has 1 N–H and O–H groups in total. The van der Waals surface area contributed by atoms with Gasteiger partial charge < -0.3 is 0 Å². The highest BCUT2D eigenvalue weighted by molar-refractivity contribution is 7.97. The third kappa shape index (κ3) is 4.85. The summed E-state index contributed by atoms with van der Waals surface area (Å²) in [5.74, 6) is 0.741. The van der Waals surface area contributed by atoms with Crippen LogP contribution in [0.1, 0.15) is 20.3 Å². The summed E-state index contributed by atoms with van der Waals surface area (Å²) < 4.78 is 3.22. The quantitative estimate of drug-likeness (QED) is 0.446. The van der Waals surface area contributed by atoms with E-state index in [1.165, 1.54) is 18.4 Å². The molecule has 0 unspecified atom stereocenters. The smallest absolute Gasteiger partial charge is 0.202 e.